The highest BCUT2D eigenvalue weighted by molar-refractivity contribution is 6.57. The average Bonchev–Trinajstić information content (AvgIpc) is 1.94. The maximum Gasteiger partial charge on any atom is 0.357 e. The smallest absolute Gasteiger partial charge is 0.357 e. The van der Waals surface area contributed by atoms with Gasteiger partial charge < -0.3 is 9.84 Å². The summed E-state index contributed by atoms with van der Waals surface area (Å²) in [6.45, 7) is -0.297. The van der Waals surface area contributed by atoms with E-state index >= 15 is 0 Å². The van der Waals surface area contributed by atoms with Gasteiger partial charge in [0, 0.05) is 0 Å². The van der Waals surface area contributed by atoms with E-state index < -0.39 is 15.4 Å². The summed E-state index contributed by atoms with van der Waals surface area (Å²) >= 11 is 16.0. The fourth-order valence-corrected chi connectivity index (χ4v) is 0.869. The van der Waals surface area contributed by atoms with Crippen molar-refractivity contribution in [3.8, 4) is 0 Å². The summed E-state index contributed by atoms with van der Waals surface area (Å²) < 4.78 is 2.55. The van der Waals surface area contributed by atoms with Crippen LogP contribution in [0.5, 0.6) is 0 Å². The molecule has 1 rings (SSSR count). The first kappa shape index (κ1) is 8.40. The van der Waals surface area contributed by atoms with Gasteiger partial charge in [-0.3, -0.25) is 0 Å². The van der Waals surface area contributed by atoms with Crippen LogP contribution in [0.1, 0.15) is 0 Å². The van der Waals surface area contributed by atoms with Crippen molar-refractivity contribution in [1.29, 1.82) is 0 Å². The number of alkyl halides is 3. The van der Waals surface area contributed by atoms with Gasteiger partial charge in [-0.15, -0.1) is 0 Å². The molecule has 10 heavy (non-hydrogen) atoms. The molecule has 0 bridgehead atoms. The van der Waals surface area contributed by atoms with E-state index in [0.29, 0.717) is 0 Å². The molecule has 1 N–H and O–H groups in total. The van der Waals surface area contributed by atoms with Gasteiger partial charge in [-0.2, -0.15) is 0 Å². The topological polar surface area (TPSA) is 46.5 Å². The minimum absolute atomic E-state index is 0.297. The third kappa shape index (κ3) is 0.975. The summed E-state index contributed by atoms with van der Waals surface area (Å²) in [7, 11) is 0. The third-order valence-electron chi connectivity index (χ3n) is 1.14. The Balaban J connectivity index is 2.95. The first-order valence-corrected chi connectivity index (χ1v) is 3.47. The second-order valence-corrected chi connectivity index (χ2v) is 3.93. The van der Waals surface area contributed by atoms with Gasteiger partial charge >= 0.3 is 5.97 Å². The third-order valence-corrected chi connectivity index (χ3v) is 2.58. The lowest BCUT2D eigenvalue weighted by atomic mass is 10.3. The zero-order valence-corrected chi connectivity index (χ0v) is 6.87. The van der Waals surface area contributed by atoms with Gasteiger partial charge in [-0.1, -0.05) is 34.8 Å². The number of rotatable bonds is 0. The highest BCUT2D eigenvalue weighted by Gasteiger charge is 2.60. The van der Waals surface area contributed by atoms with Gasteiger partial charge in [0.2, 0.25) is 4.33 Å². The zero-order valence-electron chi connectivity index (χ0n) is 4.60. The quantitative estimate of drug-likeness (QED) is 0.466. The second-order valence-electron chi connectivity index (χ2n) is 1.90. The Morgan fingerprint density at radius 3 is 2.10 bits per heavy atom. The molecule has 0 aromatic rings. The van der Waals surface area contributed by atoms with E-state index in [1.165, 1.54) is 0 Å². The highest BCUT2D eigenvalue weighted by Crippen LogP contribution is 2.42. The van der Waals surface area contributed by atoms with Crippen LogP contribution in [-0.4, -0.2) is 27.1 Å². The normalized spacial score (nSPS) is 37.8. The summed E-state index contributed by atoms with van der Waals surface area (Å²) in [6, 6.07) is 0. The molecule has 0 spiro atoms. The molecular formula is C4H3Cl3O3. The van der Waals surface area contributed by atoms with Gasteiger partial charge in [-0.05, 0) is 0 Å². The van der Waals surface area contributed by atoms with Crippen LogP contribution in [0.3, 0.4) is 0 Å². The minimum Gasteiger partial charge on any atom is -0.459 e. The van der Waals surface area contributed by atoms with Crippen LogP contribution in [0.2, 0.25) is 0 Å². The summed E-state index contributed by atoms with van der Waals surface area (Å²) in [5.74, 6) is -1.01. The number of ether oxygens (including phenoxy) is 1. The number of carbonyl (C=O) groups is 1. The van der Waals surface area contributed by atoms with Crippen molar-refractivity contribution < 1.29 is 14.6 Å². The van der Waals surface area contributed by atoms with Crippen LogP contribution in [0.25, 0.3) is 0 Å². The molecule has 1 heterocycles. The molecule has 0 saturated carbocycles. The molecule has 1 saturated heterocycles. The van der Waals surface area contributed by atoms with E-state index in [1.54, 1.807) is 0 Å². The molecule has 0 amide bonds. The zero-order chi connectivity index (χ0) is 7.99. The van der Waals surface area contributed by atoms with Gasteiger partial charge in [0.1, 0.15) is 6.61 Å². The van der Waals surface area contributed by atoms with Crippen molar-refractivity contribution >= 4 is 40.8 Å². The molecule has 0 radical (unpaired) electrons. The summed E-state index contributed by atoms with van der Waals surface area (Å²) in [4.78, 5) is 10.5. The van der Waals surface area contributed by atoms with Crippen LogP contribution in [0.15, 0.2) is 0 Å². The molecule has 3 nitrogen and oxygen atoms in total. The van der Waals surface area contributed by atoms with E-state index in [2.05, 4.69) is 4.74 Å². The van der Waals surface area contributed by atoms with Crippen LogP contribution in [0, 0.1) is 0 Å². The first-order chi connectivity index (χ1) is 4.38. The Hall–Kier alpha value is 0.300. The highest BCUT2D eigenvalue weighted by atomic mass is 35.5. The molecule has 1 fully saturated rings. The van der Waals surface area contributed by atoms with Gasteiger partial charge in [-0.25, -0.2) is 4.79 Å². The van der Waals surface area contributed by atoms with E-state index in [9.17, 15) is 4.79 Å². The number of halogens is 3. The predicted octanol–water partition coefficient (Wildman–Crippen LogP) is 0.645. The lowest BCUT2D eigenvalue weighted by Gasteiger charge is -2.18. The van der Waals surface area contributed by atoms with Crippen molar-refractivity contribution in [3.63, 3.8) is 0 Å². The number of cyclic esters (lactones) is 1. The number of hydrogen-bond donors (Lipinski definition) is 1. The maximum atomic E-state index is 10.5. The lowest BCUT2D eigenvalue weighted by Crippen LogP contribution is -2.42. The SMILES string of the molecule is O=C1OCC(Cl)(Cl)C1(O)Cl. The Morgan fingerprint density at radius 1 is 1.50 bits per heavy atom. The molecule has 6 heteroatoms. The number of hydrogen-bond acceptors (Lipinski definition) is 3. The molecule has 0 aromatic heterocycles. The van der Waals surface area contributed by atoms with Crippen molar-refractivity contribution in [2.24, 2.45) is 0 Å². The predicted molar refractivity (Wildman–Crippen MR) is 36.2 cm³/mol. The molecule has 58 valence electrons. The van der Waals surface area contributed by atoms with Crippen molar-refractivity contribution in [2.75, 3.05) is 6.61 Å². The maximum absolute atomic E-state index is 10.5. The molecule has 0 aliphatic carbocycles. The molecular weight excluding hydrogens is 202 g/mol. The summed E-state index contributed by atoms with van der Waals surface area (Å²) in [6.07, 6.45) is 0. The molecule has 1 unspecified atom stereocenters. The monoisotopic (exact) mass is 204 g/mol. The molecule has 1 aliphatic heterocycles. The van der Waals surface area contributed by atoms with Gasteiger partial charge in [0.25, 0.3) is 5.06 Å². The standard InChI is InChI=1S/C4H3Cl3O3/c5-3(6)1-10-2(8)4(3,7)9/h9H,1H2. The Morgan fingerprint density at radius 2 is 2.00 bits per heavy atom. The molecule has 0 aromatic carbocycles. The van der Waals surface area contributed by atoms with E-state index in [0.717, 1.165) is 0 Å². The fraction of sp³-hybridized carbons (Fsp3) is 0.750. The van der Waals surface area contributed by atoms with Crippen LogP contribution < -0.4 is 0 Å². The van der Waals surface area contributed by atoms with Crippen LogP contribution in [-0.2, 0) is 9.53 Å². The Labute approximate surface area is 71.8 Å². The lowest BCUT2D eigenvalue weighted by molar-refractivity contribution is -0.147. The van der Waals surface area contributed by atoms with Crippen molar-refractivity contribution in [3.05, 3.63) is 0 Å². The van der Waals surface area contributed by atoms with E-state index in [4.69, 9.17) is 39.9 Å². The second kappa shape index (κ2) is 2.14. The van der Waals surface area contributed by atoms with Crippen LogP contribution >= 0.6 is 34.8 Å². The summed E-state index contributed by atoms with van der Waals surface area (Å²) in [5.41, 5.74) is 0. The molecule has 1 aliphatic rings. The van der Waals surface area contributed by atoms with Gasteiger partial charge in [0.15, 0.2) is 0 Å². The number of carbonyl (C=O) groups excluding carboxylic acids is 1. The van der Waals surface area contributed by atoms with Crippen molar-refractivity contribution in [1.82, 2.24) is 0 Å². The Bertz CT molecular complexity index is 177. The first-order valence-electron chi connectivity index (χ1n) is 2.34. The van der Waals surface area contributed by atoms with Crippen LogP contribution in [0.4, 0.5) is 0 Å². The fourth-order valence-electron chi connectivity index (χ4n) is 0.497. The van der Waals surface area contributed by atoms with Crippen molar-refractivity contribution in [2.45, 2.75) is 9.39 Å². The minimum atomic E-state index is -2.31. The largest absolute Gasteiger partial charge is 0.459 e. The number of esters is 1. The molecule has 1 atom stereocenters. The Kier molecular flexibility index (Phi) is 1.80. The van der Waals surface area contributed by atoms with Gasteiger partial charge in [0.05, 0.1) is 0 Å². The summed E-state index contributed by atoms with van der Waals surface area (Å²) in [5, 5.41) is 6.71. The average molecular weight is 205 g/mol. The number of aliphatic hydroxyl groups is 1. The van der Waals surface area contributed by atoms with E-state index in [-0.39, 0.29) is 6.61 Å². The van der Waals surface area contributed by atoms with E-state index in [1.807, 2.05) is 0 Å².